The smallest absolute Gasteiger partial charge is 0.227 e. The number of hydrogen-bond acceptors (Lipinski definition) is 4. The van der Waals surface area contributed by atoms with Crippen LogP contribution < -0.4 is 5.32 Å². The maximum Gasteiger partial charge on any atom is 0.227 e. The highest BCUT2D eigenvalue weighted by Gasteiger charge is 2.24. The van der Waals surface area contributed by atoms with Gasteiger partial charge in [0, 0.05) is 24.2 Å². The minimum atomic E-state index is 0.159. The third-order valence-corrected chi connectivity index (χ3v) is 4.28. The van der Waals surface area contributed by atoms with E-state index >= 15 is 0 Å². The van der Waals surface area contributed by atoms with Crippen molar-refractivity contribution in [3.05, 3.63) is 17.0 Å². The first-order valence-electron chi connectivity index (χ1n) is 7.93. The molecule has 1 N–H and O–H groups in total. The molecule has 118 valence electrons. The van der Waals surface area contributed by atoms with E-state index in [1.807, 2.05) is 18.7 Å². The second-order valence-electron chi connectivity index (χ2n) is 6.27. The number of nitrogens with zero attached hydrogens (tertiary/aromatic N) is 2. The zero-order valence-electron chi connectivity index (χ0n) is 13.6. The molecule has 1 aliphatic rings. The molecule has 1 amide bonds. The Labute approximate surface area is 127 Å². The molecule has 1 fully saturated rings. The van der Waals surface area contributed by atoms with E-state index in [2.05, 4.69) is 24.3 Å². The summed E-state index contributed by atoms with van der Waals surface area (Å²) in [6.07, 6.45) is 4.03. The Kier molecular flexibility index (Phi) is 5.39. The van der Waals surface area contributed by atoms with Crippen LogP contribution in [-0.4, -0.2) is 41.1 Å². The molecule has 0 aliphatic carbocycles. The number of aromatic nitrogens is 1. The van der Waals surface area contributed by atoms with E-state index in [9.17, 15) is 4.79 Å². The van der Waals surface area contributed by atoms with Gasteiger partial charge in [0.05, 0.1) is 12.1 Å². The van der Waals surface area contributed by atoms with Crippen molar-refractivity contribution in [2.45, 2.75) is 65.5 Å². The Morgan fingerprint density at radius 3 is 2.71 bits per heavy atom. The highest BCUT2D eigenvalue weighted by molar-refractivity contribution is 5.79. The quantitative estimate of drug-likeness (QED) is 0.904. The van der Waals surface area contributed by atoms with Crippen molar-refractivity contribution in [2.24, 2.45) is 0 Å². The van der Waals surface area contributed by atoms with Gasteiger partial charge in [0.2, 0.25) is 5.91 Å². The van der Waals surface area contributed by atoms with Crippen molar-refractivity contribution >= 4 is 5.91 Å². The van der Waals surface area contributed by atoms with Crippen LogP contribution in [0.3, 0.4) is 0 Å². The van der Waals surface area contributed by atoms with Crippen LogP contribution >= 0.6 is 0 Å². The summed E-state index contributed by atoms with van der Waals surface area (Å²) < 4.78 is 5.15. The standard InChI is InChI=1S/C16H27N3O2/c1-11(2)19(10-14-7-5-6-8-17-14)16(20)9-15-12(3)18-21-13(15)4/h11,14,17H,5-10H2,1-4H3. The lowest BCUT2D eigenvalue weighted by molar-refractivity contribution is -0.132. The third kappa shape index (κ3) is 4.06. The molecule has 0 saturated carbocycles. The van der Waals surface area contributed by atoms with Crippen molar-refractivity contribution in [2.75, 3.05) is 13.1 Å². The molecule has 1 aliphatic heterocycles. The lowest BCUT2D eigenvalue weighted by Crippen LogP contribution is -2.48. The fourth-order valence-corrected chi connectivity index (χ4v) is 2.92. The number of carbonyl (C=O) groups is 1. The lowest BCUT2D eigenvalue weighted by Gasteiger charge is -2.33. The Morgan fingerprint density at radius 1 is 1.43 bits per heavy atom. The number of hydrogen-bond donors (Lipinski definition) is 1. The summed E-state index contributed by atoms with van der Waals surface area (Å²) in [6.45, 7) is 9.77. The number of nitrogens with one attached hydrogen (secondary N) is 1. The van der Waals surface area contributed by atoms with Crippen LogP contribution in [0.25, 0.3) is 0 Å². The second-order valence-corrected chi connectivity index (χ2v) is 6.27. The number of piperidine rings is 1. The van der Waals surface area contributed by atoms with Crippen LogP contribution in [0.5, 0.6) is 0 Å². The maximum absolute atomic E-state index is 12.7. The Bertz CT molecular complexity index is 456. The van der Waals surface area contributed by atoms with Gasteiger partial charge in [-0.05, 0) is 47.1 Å². The molecule has 2 heterocycles. The molecule has 0 bridgehead atoms. The van der Waals surface area contributed by atoms with Gasteiger partial charge in [0.15, 0.2) is 0 Å². The predicted molar refractivity (Wildman–Crippen MR) is 82.2 cm³/mol. The van der Waals surface area contributed by atoms with Crippen LogP contribution in [-0.2, 0) is 11.2 Å². The summed E-state index contributed by atoms with van der Waals surface area (Å²) in [7, 11) is 0. The van der Waals surface area contributed by atoms with Crippen molar-refractivity contribution in [1.82, 2.24) is 15.4 Å². The molecule has 1 aromatic rings. The van der Waals surface area contributed by atoms with Gasteiger partial charge in [-0.15, -0.1) is 0 Å². The second kappa shape index (κ2) is 7.07. The van der Waals surface area contributed by atoms with Gasteiger partial charge in [0.1, 0.15) is 5.76 Å². The molecule has 1 atom stereocenters. The lowest BCUT2D eigenvalue weighted by atomic mass is 10.0. The van der Waals surface area contributed by atoms with Crippen molar-refractivity contribution < 1.29 is 9.32 Å². The molecule has 0 spiro atoms. The van der Waals surface area contributed by atoms with Crippen molar-refractivity contribution in [3.63, 3.8) is 0 Å². The van der Waals surface area contributed by atoms with E-state index in [-0.39, 0.29) is 11.9 Å². The van der Waals surface area contributed by atoms with Gasteiger partial charge < -0.3 is 14.7 Å². The van der Waals surface area contributed by atoms with Crippen LogP contribution in [0.4, 0.5) is 0 Å². The van der Waals surface area contributed by atoms with E-state index in [0.29, 0.717) is 12.5 Å². The normalized spacial score (nSPS) is 19.0. The molecule has 5 nitrogen and oxygen atoms in total. The van der Waals surface area contributed by atoms with E-state index in [1.165, 1.54) is 12.8 Å². The summed E-state index contributed by atoms with van der Waals surface area (Å²) >= 11 is 0. The van der Waals surface area contributed by atoms with Gasteiger partial charge in [-0.2, -0.15) is 0 Å². The summed E-state index contributed by atoms with van der Waals surface area (Å²) in [5.74, 6) is 0.909. The van der Waals surface area contributed by atoms with Crippen LogP contribution in [0, 0.1) is 13.8 Å². The van der Waals surface area contributed by atoms with Crippen molar-refractivity contribution in [1.29, 1.82) is 0 Å². The Balaban J connectivity index is 2.01. The molecule has 1 unspecified atom stereocenters. The van der Waals surface area contributed by atoms with Gasteiger partial charge in [0.25, 0.3) is 0 Å². The summed E-state index contributed by atoms with van der Waals surface area (Å²) in [4.78, 5) is 14.6. The average molecular weight is 293 g/mol. The zero-order chi connectivity index (χ0) is 15.4. The van der Waals surface area contributed by atoms with Crippen LogP contribution in [0.15, 0.2) is 4.52 Å². The predicted octanol–water partition coefficient (Wildman–Crippen LogP) is 2.21. The Morgan fingerprint density at radius 2 is 2.19 bits per heavy atom. The topological polar surface area (TPSA) is 58.4 Å². The van der Waals surface area contributed by atoms with E-state index in [1.54, 1.807) is 0 Å². The summed E-state index contributed by atoms with van der Waals surface area (Å²) in [5, 5.41) is 7.45. The molecule has 1 saturated heterocycles. The molecular formula is C16H27N3O2. The molecule has 1 aromatic heterocycles. The van der Waals surface area contributed by atoms with E-state index in [4.69, 9.17) is 4.52 Å². The first kappa shape index (κ1) is 16.0. The zero-order valence-corrected chi connectivity index (χ0v) is 13.6. The fraction of sp³-hybridized carbons (Fsp3) is 0.750. The minimum Gasteiger partial charge on any atom is -0.361 e. The minimum absolute atomic E-state index is 0.159. The van der Waals surface area contributed by atoms with Gasteiger partial charge in [-0.3, -0.25) is 4.79 Å². The summed E-state index contributed by atoms with van der Waals surface area (Å²) in [6, 6.07) is 0.636. The maximum atomic E-state index is 12.7. The number of carbonyl (C=O) groups excluding carboxylic acids is 1. The largest absolute Gasteiger partial charge is 0.361 e. The van der Waals surface area contributed by atoms with Crippen LogP contribution in [0.1, 0.15) is 50.1 Å². The van der Waals surface area contributed by atoms with Crippen LogP contribution in [0.2, 0.25) is 0 Å². The number of amides is 1. The van der Waals surface area contributed by atoms with Gasteiger partial charge in [-0.25, -0.2) is 0 Å². The number of aryl methyl sites for hydroxylation is 2. The van der Waals surface area contributed by atoms with Gasteiger partial charge in [-0.1, -0.05) is 11.6 Å². The SMILES string of the molecule is Cc1noc(C)c1CC(=O)N(CC1CCCCN1)C(C)C. The highest BCUT2D eigenvalue weighted by atomic mass is 16.5. The average Bonchev–Trinajstić information content (AvgIpc) is 2.77. The molecular weight excluding hydrogens is 266 g/mol. The fourth-order valence-electron chi connectivity index (χ4n) is 2.92. The molecule has 0 aromatic carbocycles. The Hall–Kier alpha value is -1.36. The van der Waals surface area contributed by atoms with Crippen molar-refractivity contribution in [3.8, 4) is 0 Å². The molecule has 5 heteroatoms. The molecule has 21 heavy (non-hydrogen) atoms. The van der Waals surface area contributed by atoms with Gasteiger partial charge >= 0.3 is 0 Å². The molecule has 0 radical (unpaired) electrons. The summed E-state index contributed by atoms with van der Waals surface area (Å²) in [5.41, 5.74) is 1.75. The monoisotopic (exact) mass is 293 g/mol. The third-order valence-electron chi connectivity index (χ3n) is 4.28. The molecule has 2 rings (SSSR count). The van der Waals surface area contributed by atoms with E-state index in [0.717, 1.165) is 36.5 Å². The first-order chi connectivity index (χ1) is 9.99. The highest BCUT2D eigenvalue weighted by Crippen LogP contribution is 2.16. The number of rotatable bonds is 5. The first-order valence-corrected chi connectivity index (χ1v) is 7.93. The van der Waals surface area contributed by atoms with E-state index < -0.39 is 0 Å².